The Kier molecular flexibility index (Phi) is 5.10. The molecular weight excluding hydrogens is 371 g/mol. The van der Waals surface area contributed by atoms with Crippen molar-refractivity contribution in [1.29, 1.82) is 0 Å². The molecule has 1 nitrogen and oxygen atoms in total. The van der Waals surface area contributed by atoms with Crippen LogP contribution in [0.4, 0.5) is 0 Å². The summed E-state index contributed by atoms with van der Waals surface area (Å²) in [5.74, 6) is 0. The minimum atomic E-state index is -0.447. The lowest BCUT2D eigenvalue weighted by atomic mass is 9.86. The van der Waals surface area contributed by atoms with Gasteiger partial charge in [0.15, 0.2) is 0 Å². The van der Waals surface area contributed by atoms with Crippen molar-refractivity contribution < 1.29 is 5.11 Å². The Balaban J connectivity index is 2.16. The Hall–Kier alpha value is -0.870. The van der Waals surface area contributed by atoms with Gasteiger partial charge in [0, 0.05) is 9.99 Å². The minimum Gasteiger partial charge on any atom is -0.388 e. The van der Waals surface area contributed by atoms with E-state index in [1.165, 1.54) is 16.7 Å². The molecule has 2 aromatic rings. The summed E-state index contributed by atoms with van der Waals surface area (Å²) in [7, 11) is 0. The predicted octanol–water partition coefficient (Wildman–Crippen LogP) is 5.17. The maximum atomic E-state index is 10.5. The fourth-order valence-electron chi connectivity index (χ4n) is 2.40. The molecule has 0 aliphatic rings. The maximum Gasteiger partial charge on any atom is 0.0840 e. The summed E-state index contributed by atoms with van der Waals surface area (Å²) in [5.41, 5.74) is 4.91. The average Bonchev–Trinajstić information content (AvgIpc) is 2.41. The molecule has 1 unspecified atom stereocenters. The van der Waals surface area contributed by atoms with Gasteiger partial charge in [-0.05, 0) is 57.2 Å². The standard InChI is InChI=1S/C19H23IO/c1-13-6-5-7-16(18(13)20)17(21)12-14-8-10-15(11-9-14)19(2,3)4/h5-11,17,21H,12H2,1-4H3. The average molecular weight is 394 g/mol. The number of benzene rings is 2. The van der Waals surface area contributed by atoms with E-state index in [2.05, 4.69) is 80.6 Å². The van der Waals surface area contributed by atoms with Gasteiger partial charge in [0.05, 0.1) is 6.10 Å². The Morgan fingerprint density at radius 2 is 1.67 bits per heavy atom. The maximum absolute atomic E-state index is 10.5. The van der Waals surface area contributed by atoms with Crippen molar-refractivity contribution in [2.45, 2.75) is 45.6 Å². The molecule has 1 N–H and O–H groups in total. The van der Waals surface area contributed by atoms with Gasteiger partial charge in [-0.2, -0.15) is 0 Å². The van der Waals surface area contributed by atoms with Crippen LogP contribution in [0.3, 0.4) is 0 Å². The summed E-state index contributed by atoms with van der Waals surface area (Å²) >= 11 is 2.32. The van der Waals surface area contributed by atoms with Crippen LogP contribution in [-0.2, 0) is 11.8 Å². The molecule has 0 heterocycles. The van der Waals surface area contributed by atoms with Crippen LogP contribution in [0.1, 0.15) is 49.1 Å². The van der Waals surface area contributed by atoms with Crippen LogP contribution < -0.4 is 0 Å². The third-order valence-electron chi connectivity index (χ3n) is 3.83. The smallest absolute Gasteiger partial charge is 0.0840 e. The van der Waals surface area contributed by atoms with E-state index in [0.717, 1.165) is 9.13 Å². The second-order valence-electron chi connectivity index (χ2n) is 6.64. The molecule has 0 fully saturated rings. The van der Waals surface area contributed by atoms with Crippen molar-refractivity contribution in [3.63, 3.8) is 0 Å². The molecule has 1 atom stereocenters. The number of hydrogen-bond acceptors (Lipinski definition) is 1. The van der Waals surface area contributed by atoms with Gasteiger partial charge < -0.3 is 5.11 Å². The molecule has 2 rings (SSSR count). The summed E-state index contributed by atoms with van der Waals surface area (Å²) in [6.07, 6.45) is 0.210. The van der Waals surface area contributed by atoms with Crippen molar-refractivity contribution in [2.75, 3.05) is 0 Å². The van der Waals surface area contributed by atoms with Crippen LogP contribution >= 0.6 is 22.6 Å². The molecule has 21 heavy (non-hydrogen) atoms. The van der Waals surface area contributed by atoms with Gasteiger partial charge >= 0.3 is 0 Å². The van der Waals surface area contributed by atoms with Crippen LogP contribution in [0.5, 0.6) is 0 Å². The van der Waals surface area contributed by atoms with Crippen LogP contribution in [-0.4, -0.2) is 5.11 Å². The second-order valence-corrected chi connectivity index (χ2v) is 7.72. The lowest BCUT2D eigenvalue weighted by molar-refractivity contribution is 0.177. The minimum absolute atomic E-state index is 0.170. The van der Waals surface area contributed by atoms with Crippen LogP contribution in [0.25, 0.3) is 0 Å². The van der Waals surface area contributed by atoms with Crippen molar-refractivity contribution in [3.05, 3.63) is 68.3 Å². The number of aryl methyl sites for hydroxylation is 1. The molecule has 0 bridgehead atoms. The highest BCUT2D eigenvalue weighted by atomic mass is 127. The summed E-state index contributed by atoms with van der Waals surface area (Å²) in [4.78, 5) is 0. The van der Waals surface area contributed by atoms with E-state index in [1.54, 1.807) is 0 Å². The molecule has 2 heteroatoms. The highest BCUT2D eigenvalue weighted by molar-refractivity contribution is 14.1. The zero-order chi connectivity index (χ0) is 15.6. The topological polar surface area (TPSA) is 20.2 Å². The first-order chi connectivity index (χ1) is 9.79. The number of hydrogen-bond donors (Lipinski definition) is 1. The summed E-state index contributed by atoms with van der Waals surface area (Å²) in [6.45, 7) is 8.72. The van der Waals surface area contributed by atoms with E-state index < -0.39 is 6.10 Å². The molecule has 0 amide bonds. The van der Waals surface area contributed by atoms with E-state index in [-0.39, 0.29) is 5.41 Å². The second kappa shape index (κ2) is 6.49. The molecule has 0 aliphatic heterocycles. The predicted molar refractivity (Wildman–Crippen MR) is 97.7 cm³/mol. The number of aliphatic hydroxyl groups excluding tert-OH is 1. The van der Waals surface area contributed by atoms with E-state index in [4.69, 9.17) is 0 Å². The summed E-state index contributed by atoms with van der Waals surface area (Å²) in [6, 6.07) is 14.7. The fraction of sp³-hybridized carbons (Fsp3) is 0.368. The third kappa shape index (κ3) is 4.07. The zero-order valence-corrected chi connectivity index (χ0v) is 15.3. The Morgan fingerprint density at radius 1 is 1.05 bits per heavy atom. The van der Waals surface area contributed by atoms with Gasteiger partial charge in [0.2, 0.25) is 0 Å². The van der Waals surface area contributed by atoms with Crippen molar-refractivity contribution in [3.8, 4) is 0 Å². The Labute approximate surface area is 141 Å². The molecule has 0 spiro atoms. The fourth-order valence-corrected chi connectivity index (χ4v) is 3.12. The first-order valence-corrected chi connectivity index (χ1v) is 8.39. The number of rotatable bonds is 3. The highest BCUT2D eigenvalue weighted by Gasteiger charge is 2.15. The monoisotopic (exact) mass is 394 g/mol. The number of halogens is 1. The van der Waals surface area contributed by atoms with Gasteiger partial charge in [-0.1, -0.05) is 63.2 Å². The Bertz CT molecular complexity index is 608. The molecule has 0 aromatic heterocycles. The van der Waals surface area contributed by atoms with E-state index in [1.807, 2.05) is 12.1 Å². The molecule has 0 saturated carbocycles. The van der Waals surface area contributed by atoms with E-state index >= 15 is 0 Å². The zero-order valence-electron chi connectivity index (χ0n) is 13.2. The molecule has 0 radical (unpaired) electrons. The van der Waals surface area contributed by atoms with Crippen LogP contribution in [0.15, 0.2) is 42.5 Å². The third-order valence-corrected chi connectivity index (χ3v) is 5.30. The molecule has 2 aromatic carbocycles. The largest absolute Gasteiger partial charge is 0.388 e. The van der Waals surface area contributed by atoms with Crippen molar-refractivity contribution in [2.24, 2.45) is 0 Å². The normalized spacial score (nSPS) is 13.2. The van der Waals surface area contributed by atoms with Crippen LogP contribution in [0.2, 0.25) is 0 Å². The molecule has 112 valence electrons. The number of aliphatic hydroxyl groups is 1. The van der Waals surface area contributed by atoms with Crippen LogP contribution in [0, 0.1) is 10.5 Å². The van der Waals surface area contributed by atoms with Gasteiger partial charge in [0.25, 0.3) is 0 Å². The lowest BCUT2D eigenvalue weighted by Crippen LogP contribution is -2.11. The Morgan fingerprint density at radius 3 is 2.24 bits per heavy atom. The lowest BCUT2D eigenvalue weighted by Gasteiger charge is -2.20. The van der Waals surface area contributed by atoms with Gasteiger partial charge in [-0.3, -0.25) is 0 Å². The summed E-state index contributed by atoms with van der Waals surface area (Å²) in [5, 5.41) is 10.5. The molecule has 0 aliphatic carbocycles. The van der Waals surface area contributed by atoms with E-state index in [9.17, 15) is 5.11 Å². The van der Waals surface area contributed by atoms with Crippen molar-refractivity contribution in [1.82, 2.24) is 0 Å². The first kappa shape index (κ1) is 16.5. The highest BCUT2D eigenvalue weighted by Crippen LogP contribution is 2.27. The quantitative estimate of drug-likeness (QED) is 0.712. The van der Waals surface area contributed by atoms with Gasteiger partial charge in [-0.15, -0.1) is 0 Å². The first-order valence-electron chi connectivity index (χ1n) is 7.31. The molecular formula is C19H23IO. The van der Waals surface area contributed by atoms with E-state index in [0.29, 0.717) is 6.42 Å². The van der Waals surface area contributed by atoms with Gasteiger partial charge in [-0.25, -0.2) is 0 Å². The summed E-state index contributed by atoms with van der Waals surface area (Å²) < 4.78 is 1.16. The van der Waals surface area contributed by atoms with Gasteiger partial charge in [0.1, 0.15) is 0 Å². The SMILES string of the molecule is Cc1cccc(C(O)Cc2ccc(C(C)(C)C)cc2)c1I. The molecule has 0 saturated heterocycles. The van der Waals surface area contributed by atoms with Crippen molar-refractivity contribution >= 4 is 22.6 Å².